The van der Waals surface area contributed by atoms with Crippen LogP contribution >= 0.6 is 12.2 Å². The molecular weight excluding hydrogens is 386 g/mol. The van der Waals surface area contributed by atoms with Crippen molar-refractivity contribution in [2.24, 2.45) is 0 Å². The standard InChI is InChI=1S/C22H23N3O3S/c1-15-6-8-16(9-7-15)25-21(27)18(20(26)23(2)22(25)29)14-17-10-11-19(28-17)24-12-4-3-5-13-24/h6-11,14H,3-5,12-13H2,1-2H3/b18-14+. The number of anilines is 2. The quantitative estimate of drug-likeness (QED) is 0.439. The van der Waals surface area contributed by atoms with Crippen molar-refractivity contribution in [3.63, 3.8) is 0 Å². The Morgan fingerprint density at radius 2 is 1.66 bits per heavy atom. The van der Waals surface area contributed by atoms with Crippen molar-refractivity contribution < 1.29 is 14.0 Å². The molecule has 7 heteroatoms. The molecule has 0 bridgehead atoms. The van der Waals surface area contributed by atoms with Crippen LogP contribution in [0.3, 0.4) is 0 Å². The predicted molar refractivity (Wildman–Crippen MR) is 117 cm³/mol. The predicted octanol–water partition coefficient (Wildman–Crippen LogP) is 3.75. The molecule has 29 heavy (non-hydrogen) atoms. The molecule has 2 fully saturated rings. The molecule has 2 amide bonds. The van der Waals surface area contributed by atoms with E-state index in [0.29, 0.717) is 11.4 Å². The van der Waals surface area contributed by atoms with Gasteiger partial charge in [0.15, 0.2) is 11.0 Å². The van der Waals surface area contributed by atoms with Gasteiger partial charge >= 0.3 is 0 Å². The number of benzene rings is 1. The summed E-state index contributed by atoms with van der Waals surface area (Å²) in [4.78, 5) is 30.8. The lowest BCUT2D eigenvalue weighted by Gasteiger charge is -2.34. The van der Waals surface area contributed by atoms with Crippen molar-refractivity contribution in [1.29, 1.82) is 0 Å². The van der Waals surface area contributed by atoms with Crippen LogP contribution in [0.15, 0.2) is 46.4 Å². The van der Waals surface area contributed by atoms with Crippen molar-refractivity contribution in [2.75, 3.05) is 29.9 Å². The minimum absolute atomic E-state index is 0.0289. The van der Waals surface area contributed by atoms with E-state index in [9.17, 15) is 9.59 Å². The first-order valence-electron chi connectivity index (χ1n) is 9.75. The van der Waals surface area contributed by atoms with E-state index >= 15 is 0 Å². The fourth-order valence-electron chi connectivity index (χ4n) is 3.61. The van der Waals surface area contributed by atoms with Crippen LogP contribution in [0.25, 0.3) is 6.08 Å². The van der Waals surface area contributed by atoms with E-state index in [1.165, 1.54) is 22.3 Å². The van der Waals surface area contributed by atoms with Crippen LogP contribution in [-0.4, -0.2) is 42.0 Å². The summed E-state index contributed by atoms with van der Waals surface area (Å²) in [6, 6.07) is 11.1. The summed E-state index contributed by atoms with van der Waals surface area (Å²) in [6.45, 7) is 3.89. The molecule has 2 aromatic rings. The highest BCUT2D eigenvalue weighted by molar-refractivity contribution is 7.80. The number of hydrogen-bond donors (Lipinski definition) is 0. The molecule has 0 unspecified atom stereocenters. The van der Waals surface area contributed by atoms with Gasteiger partial charge in [0.25, 0.3) is 11.8 Å². The van der Waals surface area contributed by atoms with E-state index in [0.717, 1.165) is 37.4 Å². The fourth-order valence-corrected chi connectivity index (χ4v) is 3.88. The number of rotatable bonds is 3. The highest BCUT2D eigenvalue weighted by Gasteiger charge is 2.38. The van der Waals surface area contributed by atoms with Crippen LogP contribution in [-0.2, 0) is 9.59 Å². The molecule has 6 nitrogen and oxygen atoms in total. The van der Waals surface area contributed by atoms with Gasteiger partial charge in [0.1, 0.15) is 11.3 Å². The maximum Gasteiger partial charge on any atom is 0.270 e. The number of likely N-dealkylation sites (N-methyl/N-ethyl adjacent to an activating group) is 1. The summed E-state index contributed by atoms with van der Waals surface area (Å²) < 4.78 is 5.92. The normalized spacial score (nSPS) is 19.4. The molecule has 0 radical (unpaired) electrons. The first kappa shape index (κ1) is 19.4. The fraction of sp³-hybridized carbons (Fsp3) is 0.318. The Morgan fingerprint density at radius 1 is 0.966 bits per heavy atom. The Kier molecular flexibility index (Phi) is 5.24. The van der Waals surface area contributed by atoms with Gasteiger partial charge in [0.2, 0.25) is 0 Å². The van der Waals surface area contributed by atoms with E-state index in [4.69, 9.17) is 16.6 Å². The minimum Gasteiger partial charge on any atom is -0.441 e. The zero-order chi connectivity index (χ0) is 20.5. The number of aryl methyl sites for hydroxylation is 1. The lowest BCUT2D eigenvalue weighted by Crippen LogP contribution is -2.54. The van der Waals surface area contributed by atoms with Crippen LogP contribution < -0.4 is 9.80 Å². The Hall–Kier alpha value is -2.93. The summed E-state index contributed by atoms with van der Waals surface area (Å²) in [5.41, 5.74) is 1.73. The Morgan fingerprint density at radius 3 is 2.34 bits per heavy atom. The molecule has 0 saturated carbocycles. The lowest BCUT2D eigenvalue weighted by molar-refractivity contribution is -0.127. The number of piperidine rings is 1. The lowest BCUT2D eigenvalue weighted by atomic mass is 10.1. The number of carbonyl (C=O) groups excluding carboxylic acids is 2. The molecular formula is C22H23N3O3S. The van der Waals surface area contributed by atoms with E-state index < -0.39 is 11.8 Å². The third-order valence-corrected chi connectivity index (χ3v) is 5.76. The smallest absolute Gasteiger partial charge is 0.270 e. The maximum atomic E-state index is 13.2. The molecule has 150 valence electrons. The Bertz CT molecular complexity index is 987. The van der Waals surface area contributed by atoms with Gasteiger partial charge in [-0.2, -0.15) is 0 Å². The third-order valence-electron chi connectivity index (χ3n) is 5.31. The van der Waals surface area contributed by atoms with E-state index in [1.807, 2.05) is 37.3 Å². The van der Waals surface area contributed by atoms with Gasteiger partial charge in [0, 0.05) is 26.2 Å². The summed E-state index contributed by atoms with van der Waals surface area (Å²) in [6.07, 6.45) is 5.03. The molecule has 1 aromatic heterocycles. The first-order chi connectivity index (χ1) is 14.0. The van der Waals surface area contributed by atoms with E-state index in [2.05, 4.69) is 4.90 Å². The highest BCUT2D eigenvalue weighted by atomic mass is 32.1. The van der Waals surface area contributed by atoms with Gasteiger partial charge in [-0.1, -0.05) is 17.7 Å². The van der Waals surface area contributed by atoms with Gasteiger partial charge in [-0.25, -0.2) is 0 Å². The van der Waals surface area contributed by atoms with Crippen molar-refractivity contribution in [2.45, 2.75) is 26.2 Å². The molecule has 0 N–H and O–H groups in total. The topological polar surface area (TPSA) is 57.0 Å². The monoisotopic (exact) mass is 409 g/mol. The molecule has 2 aliphatic heterocycles. The molecule has 2 aliphatic rings. The van der Waals surface area contributed by atoms with Crippen LogP contribution in [0.2, 0.25) is 0 Å². The summed E-state index contributed by atoms with van der Waals surface area (Å²) in [7, 11) is 1.58. The van der Waals surface area contributed by atoms with Crippen LogP contribution in [0.4, 0.5) is 11.6 Å². The average Bonchev–Trinajstić information content (AvgIpc) is 3.21. The molecule has 0 aliphatic carbocycles. The largest absolute Gasteiger partial charge is 0.441 e. The number of amides is 2. The van der Waals surface area contributed by atoms with E-state index in [1.54, 1.807) is 13.1 Å². The number of furan rings is 1. The van der Waals surface area contributed by atoms with Crippen molar-refractivity contribution in [3.8, 4) is 0 Å². The van der Waals surface area contributed by atoms with Gasteiger partial charge in [-0.05, 0) is 62.7 Å². The van der Waals surface area contributed by atoms with Gasteiger partial charge in [-0.15, -0.1) is 0 Å². The number of thiocarbonyl (C=S) groups is 1. The second kappa shape index (κ2) is 7.83. The van der Waals surface area contributed by atoms with Crippen molar-refractivity contribution >= 4 is 46.8 Å². The minimum atomic E-state index is -0.446. The van der Waals surface area contributed by atoms with E-state index in [-0.39, 0.29) is 10.7 Å². The number of hydrogen-bond acceptors (Lipinski definition) is 5. The van der Waals surface area contributed by atoms with Gasteiger partial charge < -0.3 is 9.32 Å². The summed E-state index contributed by atoms with van der Waals surface area (Å²) in [5, 5.41) is 0.162. The number of nitrogens with zero attached hydrogens (tertiary/aromatic N) is 3. The van der Waals surface area contributed by atoms with Gasteiger partial charge in [-0.3, -0.25) is 19.4 Å². The Labute approximate surface area is 175 Å². The molecule has 0 atom stereocenters. The molecule has 2 saturated heterocycles. The number of carbonyl (C=O) groups is 2. The molecule has 0 spiro atoms. The van der Waals surface area contributed by atoms with Crippen LogP contribution in [0.1, 0.15) is 30.6 Å². The summed E-state index contributed by atoms with van der Waals surface area (Å²) >= 11 is 5.38. The van der Waals surface area contributed by atoms with Crippen LogP contribution in [0.5, 0.6) is 0 Å². The second-order valence-corrected chi connectivity index (χ2v) is 7.77. The SMILES string of the molecule is Cc1ccc(N2C(=O)/C(=C/c3ccc(N4CCCCC4)o3)C(=O)N(C)C2=S)cc1. The van der Waals surface area contributed by atoms with Crippen molar-refractivity contribution in [1.82, 2.24) is 4.90 Å². The molecule has 4 rings (SSSR count). The highest BCUT2D eigenvalue weighted by Crippen LogP contribution is 2.28. The van der Waals surface area contributed by atoms with Crippen molar-refractivity contribution in [3.05, 3.63) is 53.3 Å². The summed E-state index contributed by atoms with van der Waals surface area (Å²) in [5.74, 6) is 0.371. The van der Waals surface area contributed by atoms with Crippen LogP contribution in [0, 0.1) is 6.92 Å². The average molecular weight is 410 g/mol. The molecule has 1 aromatic carbocycles. The Balaban J connectivity index is 1.65. The first-order valence-corrected chi connectivity index (χ1v) is 10.2. The maximum absolute atomic E-state index is 13.2. The zero-order valence-corrected chi connectivity index (χ0v) is 17.4. The van der Waals surface area contributed by atoms with Gasteiger partial charge in [0.05, 0.1) is 5.69 Å². The second-order valence-electron chi connectivity index (χ2n) is 7.40. The zero-order valence-electron chi connectivity index (χ0n) is 16.6. The third kappa shape index (κ3) is 3.70. The molecule has 3 heterocycles.